The maximum Gasteiger partial charge on any atom is 0.257 e. The lowest BCUT2D eigenvalue weighted by molar-refractivity contribution is -0.130. The Morgan fingerprint density at radius 3 is 2.46 bits per heavy atom. The second-order valence-corrected chi connectivity index (χ2v) is 6.48. The van der Waals surface area contributed by atoms with Gasteiger partial charge in [-0.1, -0.05) is 49.4 Å². The molecule has 5 heteroatoms. The lowest BCUT2D eigenvalue weighted by atomic mass is 9.88. The highest BCUT2D eigenvalue weighted by atomic mass is 16.2. The maximum atomic E-state index is 13.5. The van der Waals surface area contributed by atoms with Crippen LogP contribution in [0.3, 0.4) is 0 Å². The van der Waals surface area contributed by atoms with Crippen LogP contribution in [0.5, 0.6) is 0 Å². The summed E-state index contributed by atoms with van der Waals surface area (Å²) in [4.78, 5) is 32.4. The topological polar surface area (TPSA) is 62.3 Å². The molecular formula is C23H27N3O2. The van der Waals surface area contributed by atoms with Crippen molar-refractivity contribution >= 4 is 11.8 Å². The molecule has 2 rings (SSSR count). The van der Waals surface area contributed by atoms with Crippen LogP contribution >= 0.6 is 0 Å². The van der Waals surface area contributed by atoms with Gasteiger partial charge in [0.25, 0.3) is 5.91 Å². The summed E-state index contributed by atoms with van der Waals surface area (Å²) in [6, 6.07) is 12.7. The summed E-state index contributed by atoms with van der Waals surface area (Å²) in [6.45, 7) is 11.7. The van der Waals surface area contributed by atoms with Gasteiger partial charge in [-0.25, -0.2) is 0 Å². The van der Waals surface area contributed by atoms with Crippen LogP contribution in [0.15, 0.2) is 80.2 Å². The molecule has 2 atom stereocenters. The molecule has 0 aliphatic carbocycles. The van der Waals surface area contributed by atoms with Crippen molar-refractivity contribution in [2.24, 2.45) is 0 Å². The number of rotatable bonds is 9. The molecule has 0 radical (unpaired) electrons. The van der Waals surface area contributed by atoms with E-state index >= 15 is 0 Å². The van der Waals surface area contributed by atoms with Crippen LogP contribution in [0, 0.1) is 0 Å². The zero-order valence-electron chi connectivity index (χ0n) is 16.5. The second-order valence-electron chi connectivity index (χ2n) is 6.48. The van der Waals surface area contributed by atoms with Crippen LogP contribution < -0.4 is 5.32 Å². The molecule has 146 valence electrons. The quantitative estimate of drug-likeness (QED) is 0.674. The fraction of sp³-hybridized carbons (Fsp3) is 0.261. The predicted molar refractivity (Wildman–Crippen MR) is 112 cm³/mol. The number of carbonyl (C=O) groups excluding carboxylic acids is 2. The number of pyridine rings is 1. The Hall–Kier alpha value is -3.21. The summed E-state index contributed by atoms with van der Waals surface area (Å²) in [5.41, 5.74) is 0.128. The van der Waals surface area contributed by atoms with Gasteiger partial charge in [0.1, 0.15) is 5.54 Å². The number of hydrogen-bond donors (Lipinski definition) is 1. The largest absolute Gasteiger partial charge is 0.350 e. The number of amides is 2. The zero-order valence-corrected chi connectivity index (χ0v) is 16.5. The first-order valence-electron chi connectivity index (χ1n) is 9.33. The van der Waals surface area contributed by atoms with E-state index in [9.17, 15) is 9.59 Å². The molecule has 2 aromatic rings. The SMILES string of the molecule is C=CCNC(=O)C(C=C)(CC)N(C(=O)c1cccnc1)C(C)c1ccccc1. The van der Waals surface area contributed by atoms with Crippen LogP contribution in [0.1, 0.15) is 42.2 Å². The molecule has 28 heavy (non-hydrogen) atoms. The summed E-state index contributed by atoms with van der Waals surface area (Å²) < 4.78 is 0. The summed E-state index contributed by atoms with van der Waals surface area (Å²) in [7, 11) is 0. The first kappa shape index (κ1) is 21.1. The summed E-state index contributed by atoms with van der Waals surface area (Å²) in [5, 5.41) is 2.83. The molecule has 0 aliphatic heterocycles. The molecular weight excluding hydrogens is 350 g/mol. The molecule has 2 amide bonds. The maximum absolute atomic E-state index is 13.5. The van der Waals surface area contributed by atoms with Gasteiger partial charge in [0.15, 0.2) is 0 Å². The van der Waals surface area contributed by atoms with Gasteiger partial charge in [-0.15, -0.1) is 13.2 Å². The van der Waals surface area contributed by atoms with Crippen LogP contribution in [0.4, 0.5) is 0 Å². The Labute approximate surface area is 166 Å². The van der Waals surface area contributed by atoms with Crippen molar-refractivity contribution in [2.45, 2.75) is 31.8 Å². The van der Waals surface area contributed by atoms with E-state index in [1.807, 2.05) is 44.2 Å². The number of hydrogen-bond acceptors (Lipinski definition) is 3. The van der Waals surface area contributed by atoms with Crippen LogP contribution in [0.2, 0.25) is 0 Å². The minimum absolute atomic E-state index is 0.278. The lowest BCUT2D eigenvalue weighted by Crippen LogP contribution is -2.60. The number of nitrogens with one attached hydrogen (secondary N) is 1. The molecule has 0 fully saturated rings. The van der Waals surface area contributed by atoms with Gasteiger partial charge in [0.2, 0.25) is 5.91 Å². The number of aromatic nitrogens is 1. The van der Waals surface area contributed by atoms with Crippen molar-refractivity contribution < 1.29 is 9.59 Å². The molecule has 0 saturated carbocycles. The van der Waals surface area contributed by atoms with Crippen LogP contribution in [0.25, 0.3) is 0 Å². The molecule has 1 heterocycles. The van der Waals surface area contributed by atoms with Crippen molar-refractivity contribution in [1.29, 1.82) is 0 Å². The van der Waals surface area contributed by atoms with Gasteiger partial charge >= 0.3 is 0 Å². The average Bonchev–Trinajstić information content (AvgIpc) is 2.76. The lowest BCUT2D eigenvalue weighted by Gasteiger charge is -2.44. The molecule has 0 aliphatic rings. The number of benzene rings is 1. The monoisotopic (exact) mass is 377 g/mol. The fourth-order valence-electron chi connectivity index (χ4n) is 3.31. The van der Waals surface area contributed by atoms with E-state index in [4.69, 9.17) is 0 Å². The molecule has 1 aromatic heterocycles. The third-order valence-electron chi connectivity index (χ3n) is 4.90. The van der Waals surface area contributed by atoms with Gasteiger partial charge in [0, 0.05) is 18.9 Å². The standard InChI is InChI=1S/C23H27N3O2/c1-5-15-25-22(28)23(6-2,7-3)26(18(4)19-12-9-8-10-13-19)21(27)20-14-11-16-24-17-20/h5-6,8-14,16-18H,1-2,7,15H2,3-4H3,(H,25,28). The van der Waals surface area contributed by atoms with Gasteiger partial charge in [-0.05, 0) is 31.0 Å². The second kappa shape index (κ2) is 9.65. The average molecular weight is 377 g/mol. The van der Waals surface area contributed by atoms with Crippen LogP contribution in [-0.2, 0) is 4.79 Å². The smallest absolute Gasteiger partial charge is 0.257 e. The Morgan fingerprint density at radius 2 is 1.93 bits per heavy atom. The molecule has 0 bridgehead atoms. The summed E-state index contributed by atoms with van der Waals surface area (Å²) >= 11 is 0. The van der Waals surface area contributed by atoms with Gasteiger partial charge in [-0.3, -0.25) is 14.6 Å². The zero-order chi connectivity index (χ0) is 20.6. The molecule has 5 nitrogen and oxygen atoms in total. The molecule has 1 aromatic carbocycles. The van der Waals surface area contributed by atoms with E-state index in [0.717, 1.165) is 5.56 Å². The third-order valence-corrected chi connectivity index (χ3v) is 4.90. The van der Waals surface area contributed by atoms with E-state index in [1.54, 1.807) is 35.4 Å². The molecule has 1 N–H and O–H groups in total. The van der Waals surface area contributed by atoms with E-state index in [0.29, 0.717) is 18.5 Å². The summed E-state index contributed by atoms with van der Waals surface area (Å²) in [5.74, 6) is -0.565. The van der Waals surface area contributed by atoms with Crippen molar-refractivity contribution in [2.75, 3.05) is 6.54 Å². The molecule has 2 unspecified atom stereocenters. The normalized spacial score (nSPS) is 13.6. The number of nitrogens with zero attached hydrogens (tertiary/aromatic N) is 2. The minimum atomic E-state index is -1.22. The highest BCUT2D eigenvalue weighted by Gasteiger charge is 2.45. The Bertz CT molecular complexity index is 820. The fourth-order valence-corrected chi connectivity index (χ4v) is 3.31. The highest BCUT2D eigenvalue weighted by Crippen LogP contribution is 2.33. The Balaban J connectivity index is 2.60. The molecule has 0 saturated heterocycles. The first-order chi connectivity index (χ1) is 13.5. The van der Waals surface area contributed by atoms with Crippen molar-refractivity contribution in [3.63, 3.8) is 0 Å². The first-order valence-corrected chi connectivity index (χ1v) is 9.33. The van der Waals surface area contributed by atoms with E-state index in [-0.39, 0.29) is 17.9 Å². The predicted octanol–water partition coefficient (Wildman–Crippen LogP) is 3.92. The number of carbonyl (C=O) groups is 2. The van der Waals surface area contributed by atoms with E-state index in [1.165, 1.54) is 6.20 Å². The van der Waals surface area contributed by atoms with E-state index in [2.05, 4.69) is 23.5 Å². The minimum Gasteiger partial charge on any atom is -0.350 e. The molecule has 0 spiro atoms. The summed E-state index contributed by atoms with van der Waals surface area (Å²) in [6.07, 6.45) is 6.66. The van der Waals surface area contributed by atoms with Gasteiger partial charge in [-0.2, -0.15) is 0 Å². The third kappa shape index (κ3) is 4.19. The Morgan fingerprint density at radius 1 is 1.21 bits per heavy atom. The van der Waals surface area contributed by atoms with Crippen molar-refractivity contribution in [1.82, 2.24) is 15.2 Å². The van der Waals surface area contributed by atoms with Gasteiger partial charge in [0.05, 0.1) is 11.6 Å². The highest BCUT2D eigenvalue weighted by molar-refractivity contribution is 6.00. The van der Waals surface area contributed by atoms with Crippen molar-refractivity contribution in [3.05, 3.63) is 91.3 Å². The van der Waals surface area contributed by atoms with E-state index < -0.39 is 5.54 Å². The van der Waals surface area contributed by atoms with Crippen molar-refractivity contribution in [3.8, 4) is 0 Å². The van der Waals surface area contributed by atoms with Gasteiger partial charge < -0.3 is 10.2 Å². The Kier molecular flexibility index (Phi) is 7.27. The van der Waals surface area contributed by atoms with Crippen LogP contribution in [-0.4, -0.2) is 33.8 Å².